The lowest BCUT2D eigenvalue weighted by Gasteiger charge is -2.09. The Morgan fingerprint density at radius 2 is 1.69 bits per heavy atom. The molecule has 0 fully saturated rings. The summed E-state index contributed by atoms with van der Waals surface area (Å²) in [5.41, 5.74) is 4.33. The summed E-state index contributed by atoms with van der Waals surface area (Å²) in [5, 5.41) is 3.94. The molecule has 26 heavy (non-hydrogen) atoms. The molecule has 5 heteroatoms. The Bertz CT molecular complexity index is 1090. The van der Waals surface area contributed by atoms with Crippen LogP contribution in [0.5, 0.6) is 0 Å². The zero-order valence-electron chi connectivity index (χ0n) is 14.1. The number of rotatable bonds is 3. The highest BCUT2D eigenvalue weighted by Gasteiger charge is 2.12. The molecule has 1 amide bonds. The fourth-order valence-electron chi connectivity index (χ4n) is 2.68. The van der Waals surface area contributed by atoms with Gasteiger partial charge in [-0.3, -0.25) is 9.36 Å². The van der Waals surface area contributed by atoms with Crippen molar-refractivity contribution in [3.8, 4) is 16.9 Å². The third kappa shape index (κ3) is 3.31. The van der Waals surface area contributed by atoms with Gasteiger partial charge in [0.25, 0.3) is 5.91 Å². The van der Waals surface area contributed by atoms with E-state index in [1.54, 1.807) is 6.07 Å². The van der Waals surface area contributed by atoms with E-state index in [9.17, 15) is 4.79 Å². The molecule has 0 N–H and O–H groups in total. The number of nitrogens with zero attached hydrogens (tertiary/aromatic N) is 2. The topological polar surface area (TPSA) is 34.4 Å². The molecular formula is C21H16N2OS2. The quantitative estimate of drug-likeness (QED) is 0.477. The Kier molecular flexibility index (Phi) is 4.65. The van der Waals surface area contributed by atoms with Gasteiger partial charge in [-0.05, 0) is 36.1 Å². The lowest BCUT2D eigenvalue weighted by atomic mass is 10.1. The average molecular weight is 377 g/mol. The highest BCUT2D eigenvalue weighted by molar-refractivity contribution is 7.12. The summed E-state index contributed by atoms with van der Waals surface area (Å²) in [4.78, 5) is 18.2. The maximum atomic E-state index is 12.5. The molecule has 128 valence electrons. The first-order valence-electron chi connectivity index (χ1n) is 8.18. The third-order valence-electron chi connectivity index (χ3n) is 4.00. The monoisotopic (exact) mass is 376 g/mol. The van der Waals surface area contributed by atoms with Gasteiger partial charge >= 0.3 is 0 Å². The van der Waals surface area contributed by atoms with Crippen LogP contribution < -0.4 is 4.80 Å². The maximum Gasteiger partial charge on any atom is 0.289 e. The van der Waals surface area contributed by atoms with E-state index in [1.165, 1.54) is 28.2 Å². The number of amides is 1. The van der Waals surface area contributed by atoms with Crippen LogP contribution >= 0.6 is 22.7 Å². The van der Waals surface area contributed by atoms with Gasteiger partial charge in [0, 0.05) is 11.1 Å². The largest absolute Gasteiger partial charge is 0.289 e. The van der Waals surface area contributed by atoms with Crippen LogP contribution in [0.1, 0.15) is 15.2 Å². The molecule has 0 aliphatic heterocycles. The summed E-state index contributed by atoms with van der Waals surface area (Å²) in [6, 6.07) is 22.1. The zero-order valence-corrected chi connectivity index (χ0v) is 15.8. The second-order valence-electron chi connectivity index (χ2n) is 5.83. The van der Waals surface area contributed by atoms with Crippen molar-refractivity contribution in [2.45, 2.75) is 6.92 Å². The van der Waals surface area contributed by atoms with Crippen molar-refractivity contribution < 1.29 is 4.79 Å². The van der Waals surface area contributed by atoms with E-state index in [0.29, 0.717) is 9.68 Å². The van der Waals surface area contributed by atoms with Gasteiger partial charge in [0.15, 0.2) is 4.80 Å². The molecule has 0 saturated heterocycles. The molecule has 3 nitrogen and oxygen atoms in total. The highest BCUT2D eigenvalue weighted by atomic mass is 32.1. The summed E-state index contributed by atoms with van der Waals surface area (Å²) < 4.78 is 2.04. The second kappa shape index (κ2) is 7.23. The van der Waals surface area contributed by atoms with Gasteiger partial charge in [0.1, 0.15) is 0 Å². The molecule has 2 heterocycles. The minimum atomic E-state index is -0.206. The van der Waals surface area contributed by atoms with Crippen molar-refractivity contribution in [1.82, 2.24) is 4.57 Å². The highest BCUT2D eigenvalue weighted by Crippen LogP contribution is 2.24. The number of hydrogen-bond donors (Lipinski definition) is 0. The van der Waals surface area contributed by atoms with Crippen LogP contribution in [-0.2, 0) is 0 Å². The number of hydrogen-bond acceptors (Lipinski definition) is 3. The number of thiazole rings is 1. The molecule has 0 aliphatic rings. The smallest absolute Gasteiger partial charge is 0.285 e. The number of para-hydroxylation sites is 1. The van der Waals surface area contributed by atoms with E-state index in [0.717, 1.165) is 16.9 Å². The molecule has 0 aliphatic carbocycles. The summed E-state index contributed by atoms with van der Waals surface area (Å²) in [6.07, 6.45) is 0. The minimum absolute atomic E-state index is 0.206. The number of benzene rings is 2. The van der Waals surface area contributed by atoms with Crippen molar-refractivity contribution in [3.63, 3.8) is 0 Å². The van der Waals surface area contributed by atoms with Crippen molar-refractivity contribution >= 4 is 28.6 Å². The zero-order chi connectivity index (χ0) is 17.9. The SMILES string of the molecule is Cc1ccc(-c2csc(=NC(=O)c3cccs3)n2-c2ccccc2)cc1. The van der Waals surface area contributed by atoms with E-state index in [2.05, 4.69) is 41.6 Å². The van der Waals surface area contributed by atoms with Crippen LogP contribution in [0, 0.1) is 6.92 Å². The molecule has 0 unspecified atom stereocenters. The van der Waals surface area contributed by atoms with Crippen LogP contribution in [0.3, 0.4) is 0 Å². The predicted octanol–water partition coefficient (Wildman–Crippen LogP) is 5.32. The Balaban J connectivity index is 1.90. The van der Waals surface area contributed by atoms with E-state index in [4.69, 9.17) is 0 Å². The van der Waals surface area contributed by atoms with E-state index < -0.39 is 0 Å². The molecule has 4 rings (SSSR count). The van der Waals surface area contributed by atoms with Crippen molar-refractivity contribution in [2.75, 3.05) is 0 Å². The first kappa shape index (κ1) is 16.7. The molecule has 0 bridgehead atoms. The third-order valence-corrected chi connectivity index (χ3v) is 5.68. The standard InChI is InChI=1S/C21H16N2OS2/c1-15-9-11-16(12-10-15)18-14-26-21(22-20(24)19-8-5-13-25-19)23(18)17-6-3-2-4-7-17/h2-14H,1H3. The van der Waals surface area contributed by atoms with Crippen LogP contribution in [0.15, 0.2) is 82.5 Å². The van der Waals surface area contributed by atoms with E-state index in [1.807, 2.05) is 46.3 Å². The van der Waals surface area contributed by atoms with Crippen molar-refractivity contribution in [3.05, 3.63) is 92.7 Å². The van der Waals surface area contributed by atoms with Gasteiger partial charge in [-0.2, -0.15) is 4.99 Å². The molecule has 2 aromatic carbocycles. The molecule has 0 atom stereocenters. The average Bonchev–Trinajstić information content (AvgIpc) is 3.33. The fraction of sp³-hybridized carbons (Fsp3) is 0.0476. The first-order valence-corrected chi connectivity index (χ1v) is 9.94. The fourth-order valence-corrected chi connectivity index (χ4v) is 4.19. The molecule has 2 aromatic heterocycles. The Morgan fingerprint density at radius 1 is 0.923 bits per heavy atom. The Hall–Kier alpha value is -2.76. The molecule has 0 radical (unpaired) electrons. The van der Waals surface area contributed by atoms with Gasteiger partial charge in [-0.1, -0.05) is 54.1 Å². The first-order chi connectivity index (χ1) is 12.7. The molecule has 4 aromatic rings. The van der Waals surface area contributed by atoms with Crippen LogP contribution in [-0.4, -0.2) is 10.5 Å². The van der Waals surface area contributed by atoms with E-state index >= 15 is 0 Å². The predicted molar refractivity (Wildman–Crippen MR) is 108 cm³/mol. The molecule has 0 spiro atoms. The lowest BCUT2D eigenvalue weighted by Crippen LogP contribution is -2.16. The summed E-state index contributed by atoms with van der Waals surface area (Å²) in [6.45, 7) is 2.07. The second-order valence-corrected chi connectivity index (χ2v) is 7.62. The van der Waals surface area contributed by atoms with Crippen molar-refractivity contribution in [2.24, 2.45) is 4.99 Å². The van der Waals surface area contributed by atoms with Gasteiger partial charge < -0.3 is 0 Å². The van der Waals surface area contributed by atoms with Gasteiger partial charge in [0.2, 0.25) is 0 Å². The number of carbonyl (C=O) groups excluding carboxylic acids is 1. The van der Waals surface area contributed by atoms with Crippen LogP contribution in [0.25, 0.3) is 16.9 Å². The van der Waals surface area contributed by atoms with Crippen LogP contribution in [0.2, 0.25) is 0 Å². The molecular weight excluding hydrogens is 360 g/mol. The Labute approximate surface area is 159 Å². The minimum Gasteiger partial charge on any atom is -0.285 e. The van der Waals surface area contributed by atoms with Gasteiger partial charge in [-0.15, -0.1) is 22.7 Å². The number of aromatic nitrogens is 1. The number of aryl methyl sites for hydroxylation is 1. The Morgan fingerprint density at radius 3 is 2.38 bits per heavy atom. The maximum absolute atomic E-state index is 12.5. The van der Waals surface area contributed by atoms with Gasteiger partial charge in [-0.25, -0.2) is 0 Å². The lowest BCUT2D eigenvalue weighted by molar-refractivity contribution is 0.100. The van der Waals surface area contributed by atoms with Gasteiger partial charge in [0.05, 0.1) is 10.6 Å². The number of carbonyl (C=O) groups is 1. The summed E-state index contributed by atoms with van der Waals surface area (Å²) in [5.74, 6) is -0.206. The van der Waals surface area contributed by atoms with E-state index in [-0.39, 0.29) is 5.91 Å². The molecule has 0 saturated carbocycles. The van der Waals surface area contributed by atoms with Crippen LogP contribution in [0.4, 0.5) is 0 Å². The summed E-state index contributed by atoms with van der Waals surface area (Å²) in [7, 11) is 0. The summed E-state index contributed by atoms with van der Waals surface area (Å²) >= 11 is 2.88. The van der Waals surface area contributed by atoms with Crippen molar-refractivity contribution in [1.29, 1.82) is 0 Å². The normalized spacial score (nSPS) is 11.7. The number of thiophene rings is 1.